The highest BCUT2D eigenvalue weighted by Gasteiger charge is 2.43. The molecule has 0 fully saturated rings. The second-order valence-electron chi connectivity index (χ2n) is 4.84. The summed E-state index contributed by atoms with van der Waals surface area (Å²) in [5.74, 6) is 0. The molecule has 24 heavy (non-hydrogen) atoms. The van der Waals surface area contributed by atoms with Gasteiger partial charge in [-0.2, -0.15) is 8.78 Å². The number of hydrogen-bond donors (Lipinski definition) is 1. The summed E-state index contributed by atoms with van der Waals surface area (Å²) in [5.41, 5.74) is 2.15. The molecule has 0 radical (unpaired) electrons. The van der Waals surface area contributed by atoms with E-state index in [1.807, 2.05) is 6.07 Å². The molecule has 1 aromatic carbocycles. The topological polar surface area (TPSA) is 41.6 Å². The number of benzene rings is 1. The first-order valence-corrected chi connectivity index (χ1v) is 7.70. The lowest BCUT2D eigenvalue weighted by molar-refractivity contribution is -0.0565. The first kappa shape index (κ1) is 16.5. The molecule has 124 valence electrons. The minimum atomic E-state index is -4.22. The van der Waals surface area contributed by atoms with Gasteiger partial charge in [0.2, 0.25) is 0 Å². The van der Waals surface area contributed by atoms with E-state index >= 15 is 0 Å². The van der Waals surface area contributed by atoms with Gasteiger partial charge in [-0.05, 0) is 23.9 Å². The zero-order valence-electron chi connectivity index (χ0n) is 12.1. The fourth-order valence-electron chi connectivity index (χ4n) is 2.10. The number of thioether (sulfide) groups is 1. The number of aromatic amines is 1. The fourth-order valence-corrected chi connectivity index (χ4v) is 2.74. The van der Waals surface area contributed by atoms with Crippen molar-refractivity contribution in [3.63, 3.8) is 0 Å². The first-order valence-electron chi connectivity index (χ1n) is 6.88. The number of hydrogen-bond acceptors (Lipinski definition) is 3. The van der Waals surface area contributed by atoms with Crippen molar-refractivity contribution in [3.8, 4) is 22.5 Å². The zero-order valence-corrected chi connectivity index (χ0v) is 12.9. The second kappa shape index (κ2) is 6.64. The Hall–Kier alpha value is -2.35. The van der Waals surface area contributed by atoms with Crippen molar-refractivity contribution in [1.29, 1.82) is 0 Å². The van der Waals surface area contributed by atoms with Gasteiger partial charge in [0.05, 0.1) is 11.4 Å². The number of pyridine rings is 1. The van der Waals surface area contributed by atoms with Crippen LogP contribution in [0.1, 0.15) is 0 Å². The van der Waals surface area contributed by atoms with Gasteiger partial charge in [-0.15, -0.1) is 0 Å². The summed E-state index contributed by atoms with van der Waals surface area (Å²) >= 11 is -0.292. The Balaban J connectivity index is 2.07. The molecule has 2 heterocycles. The number of H-pyrrole nitrogens is 1. The van der Waals surface area contributed by atoms with Gasteiger partial charge in [0.15, 0.2) is 5.16 Å². The van der Waals surface area contributed by atoms with Gasteiger partial charge in [-0.3, -0.25) is 4.98 Å². The van der Waals surface area contributed by atoms with E-state index in [1.54, 1.807) is 42.6 Å². The van der Waals surface area contributed by atoms with Crippen LogP contribution in [-0.2, 0) is 0 Å². The Morgan fingerprint density at radius 3 is 2.33 bits per heavy atom. The molecule has 3 nitrogen and oxygen atoms in total. The summed E-state index contributed by atoms with van der Waals surface area (Å²) in [5, 5.41) is -4.50. The standard InChI is InChI=1S/C16H11F4N3S/c17-14(18)16(19,20)24-15-22-12(10-5-2-1-3-6-10)13(23-15)11-7-4-8-21-9-11/h1-9,14H,(H,22,23). The normalized spacial score (nSPS) is 11.9. The number of alkyl halides is 4. The van der Waals surface area contributed by atoms with Crippen LogP contribution < -0.4 is 0 Å². The smallest absolute Gasteiger partial charge is 0.332 e. The maximum Gasteiger partial charge on any atom is 0.360 e. The highest BCUT2D eigenvalue weighted by atomic mass is 32.2. The molecule has 0 unspecified atom stereocenters. The number of imidazole rings is 1. The molecular weight excluding hydrogens is 342 g/mol. The summed E-state index contributed by atoms with van der Waals surface area (Å²) in [6.07, 6.45) is -0.684. The molecule has 0 atom stereocenters. The van der Waals surface area contributed by atoms with Gasteiger partial charge in [0.25, 0.3) is 0 Å². The molecule has 3 aromatic rings. The SMILES string of the molecule is FC(F)C(F)(F)Sc1nc(-c2cccnc2)c(-c2ccccc2)[nH]1. The minimum absolute atomic E-state index is 0.280. The van der Waals surface area contributed by atoms with E-state index in [9.17, 15) is 17.6 Å². The quantitative estimate of drug-likeness (QED) is 0.513. The van der Waals surface area contributed by atoms with E-state index in [0.29, 0.717) is 22.5 Å². The molecule has 0 amide bonds. The van der Waals surface area contributed by atoms with Crippen molar-refractivity contribution in [2.24, 2.45) is 0 Å². The van der Waals surface area contributed by atoms with E-state index in [2.05, 4.69) is 15.0 Å². The third-order valence-corrected chi connectivity index (χ3v) is 4.00. The maximum atomic E-state index is 13.3. The van der Waals surface area contributed by atoms with Crippen LogP contribution in [0.4, 0.5) is 17.6 Å². The van der Waals surface area contributed by atoms with Gasteiger partial charge in [0.1, 0.15) is 0 Å². The molecule has 1 N–H and O–H groups in total. The molecule has 0 bridgehead atoms. The molecule has 0 spiro atoms. The van der Waals surface area contributed by atoms with Gasteiger partial charge in [0, 0.05) is 23.5 Å². The average molecular weight is 353 g/mol. The lowest BCUT2D eigenvalue weighted by Gasteiger charge is -2.11. The van der Waals surface area contributed by atoms with E-state index in [-0.39, 0.29) is 16.9 Å². The largest absolute Gasteiger partial charge is 0.360 e. The lowest BCUT2D eigenvalue weighted by Crippen LogP contribution is -2.21. The highest BCUT2D eigenvalue weighted by Crippen LogP contribution is 2.41. The van der Waals surface area contributed by atoms with Crippen molar-refractivity contribution in [2.75, 3.05) is 0 Å². The predicted molar refractivity (Wildman–Crippen MR) is 84.1 cm³/mol. The summed E-state index contributed by atoms with van der Waals surface area (Å²) < 4.78 is 51.5. The third kappa shape index (κ3) is 3.43. The molecule has 2 aromatic heterocycles. The molecule has 0 saturated carbocycles. The second-order valence-corrected chi connectivity index (χ2v) is 5.97. The average Bonchev–Trinajstić information content (AvgIpc) is 2.99. The van der Waals surface area contributed by atoms with Crippen LogP contribution in [0.2, 0.25) is 0 Å². The van der Waals surface area contributed by atoms with Crippen molar-refractivity contribution in [2.45, 2.75) is 16.8 Å². The summed E-state index contributed by atoms with van der Waals surface area (Å²) in [4.78, 5) is 10.8. The molecule has 0 saturated heterocycles. The van der Waals surface area contributed by atoms with Crippen LogP contribution in [0.15, 0.2) is 60.0 Å². The molecule has 0 aliphatic carbocycles. The Morgan fingerprint density at radius 2 is 1.71 bits per heavy atom. The van der Waals surface area contributed by atoms with Crippen LogP contribution in [-0.4, -0.2) is 26.6 Å². The summed E-state index contributed by atoms with van der Waals surface area (Å²) in [6, 6.07) is 12.3. The maximum absolute atomic E-state index is 13.3. The molecule has 3 rings (SSSR count). The number of nitrogens with one attached hydrogen (secondary N) is 1. The van der Waals surface area contributed by atoms with E-state index < -0.39 is 11.7 Å². The lowest BCUT2D eigenvalue weighted by atomic mass is 10.1. The van der Waals surface area contributed by atoms with Crippen molar-refractivity contribution >= 4 is 11.8 Å². The van der Waals surface area contributed by atoms with Crippen LogP contribution in [0.25, 0.3) is 22.5 Å². The number of nitrogens with zero attached hydrogens (tertiary/aromatic N) is 2. The minimum Gasteiger partial charge on any atom is -0.332 e. The number of rotatable bonds is 5. The Morgan fingerprint density at radius 1 is 1.00 bits per heavy atom. The van der Waals surface area contributed by atoms with E-state index in [1.165, 1.54) is 6.20 Å². The first-order chi connectivity index (χ1) is 11.5. The molecular formula is C16H11F4N3S. The fraction of sp³-hybridized carbons (Fsp3) is 0.125. The van der Waals surface area contributed by atoms with Crippen molar-refractivity contribution in [3.05, 3.63) is 54.9 Å². The van der Waals surface area contributed by atoms with Gasteiger partial charge < -0.3 is 4.98 Å². The predicted octanol–water partition coefficient (Wildman–Crippen LogP) is 5.09. The summed E-state index contributed by atoms with van der Waals surface area (Å²) in [6.45, 7) is 0. The Bertz CT molecular complexity index is 750. The highest BCUT2D eigenvalue weighted by molar-refractivity contribution is 8.00. The van der Waals surface area contributed by atoms with Crippen LogP contribution in [0, 0.1) is 0 Å². The van der Waals surface area contributed by atoms with Crippen LogP contribution in [0.5, 0.6) is 0 Å². The third-order valence-electron chi connectivity index (χ3n) is 3.17. The number of aromatic nitrogens is 3. The van der Waals surface area contributed by atoms with Crippen molar-refractivity contribution in [1.82, 2.24) is 15.0 Å². The Kier molecular flexibility index (Phi) is 4.57. The van der Waals surface area contributed by atoms with Crippen LogP contribution >= 0.6 is 11.8 Å². The van der Waals surface area contributed by atoms with Gasteiger partial charge >= 0.3 is 11.7 Å². The van der Waals surface area contributed by atoms with E-state index in [0.717, 1.165) is 0 Å². The zero-order chi connectivity index (χ0) is 17.2. The van der Waals surface area contributed by atoms with E-state index in [4.69, 9.17) is 0 Å². The number of halogens is 4. The van der Waals surface area contributed by atoms with Crippen molar-refractivity contribution < 1.29 is 17.6 Å². The molecule has 8 heteroatoms. The molecule has 0 aliphatic rings. The Labute approximate surface area is 139 Å². The monoisotopic (exact) mass is 353 g/mol. The van der Waals surface area contributed by atoms with Crippen LogP contribution in [0.3, 0.4) is 0 Å². The molecule has 0 aliphatic heterocycles. The van der Waals surface area contributed by atoms with Gasteiger partial charge in [-0.25, -0.2) is 13.8 Å². The summed E-state index contributed by atoms with van der Waals surface area (Å²) in [7, 11) is 0. The van der Waals surface area contributed by atoms with Gasteiger partial charge in [-0.1, -0.05) is 30.3 Å².